The van der Waals surface area contributed by atoms with Gasteiger partial charge in [0.1, 0.15) is 0 Å². The van der Waals surface area contributed by atoms with Crippen molar-refractivity contribution in [3.63, 3.8) is 0 Å². The molecule has 2 heterocycles. The highest BCUT2D eigenvalue weighted by molar-refractivity contribution is 5.95. The van der Waals surface area contributed by atoms with Crippen LogP contribution in [0.25, 0.3) is 0 Å². The van der Waals surface area contributed by atoms with Gasteiger partial charge in [-0.05, 0) is 47.9 Å². The Labute approximate surface area is 170 Å². The first-order chi connectivity index (χ1) is 14.2. The molecule has 0 radical (unpaired) electrons. The SMILES string of the molecule is COc1cc2c(cc1OC)CN(C(=O)c1cncc(Nc3ccccc3)c1)CC2. The molecule has 0 fully saturated rings. The van der Waals surface area contributed by atoms with Crippen LogP contribution < -0.4 is 14.8 Å². The average molecular weight is 389 g/mol. The van der Waals surface area contributed by atoms with Crippen molar-refractivity contribution in [1.82, 2.24) is 9.88 Å². The maximum Gasteiger partial charge on any atom is 0.255 e. The van der Waals surface area contributed by atoms with E-state index in [1.165, 1.54) is 5.56 Å². The third-order valence-corrected chi connectivity index (χ3v) is 5.05. The summed E-state index contributed by atoms with van der Waals surface area (Å²) in [6, 6.07) is 15.6. The van der Waals surface area contributed by atoms with Gasteiger partial charge in [-0.15, -0.1) is 0 Å². The number of fused-ring (bicyclic) bond motifs is 1. The number of para-hydroxylation sites is 1. The van der Waals surface area contributed by atoms with E-state index in [2.05, 4.69) is 10.3 Å². The molecular formula is C23H23N3O3. The van der Waals surface area contributed by atoms with Crippen LogP contribution in [0.4, 0.5) is 11.4 Å². The number of ether oxygens (including phenoxy) is 2. The van der Waals surface area contributed by atoms with Gasteiger partial charge in [0.15, 0.2) is 11.5 Å². The number of anilines is 2. The Hall–Kier alpha value is -3.54. The number of pyridine rings is 1. The van der Waals surface area contributed by atoms with Gasteiger partial charge in [0, 0.05) is 25.0 Å². The van der Waals surface area contributed by atoms with Gasteiger partial charge in [0.2, 0.25) is 0 Å². The number of amides is 1. The maximum atomic E-state index is 13.1. The van der Waals surface area contributed by atoms with Gasteiger partial charge < -0.3 is 19.7 Å². The van der Waals surface area contributed by atoms with Gasteiger partial charge >= 0.3 is 0 Å². The molecule has 6 nitrogen and oxygen atoms in total. The standard InChI is InChI=1S/C23H23N3O3/c1-28-21-11-16-8-9-26(15-18(16)12-22(21)29-2)23(27)17-10-20(14-24-13-17)25-19-6-4-3-5-7-19/h3-7,10-14,25H,8-9,15H2,1-2H3. The van der Waals surface area contributed by atoms with Crippen molar-refractivity contribution in [2.45, 2.75) is 13.0 Å². The smallest absolute Gasteiger partial charge is 0.255 e. The molecule has 0 atom stereocenters. The fourth-order valence-electron chi connectivity index (χ4n) is 3.55. The van der Waals surface area contributed by atoms with E-state index >= 15 is 0 Å². The summed E-state index contributed by atoms with van der Waals surface area (Å²) in [4.78, 5) is 19.2. The molecule has 29 heavy (non-hydrogen) atoms. The highest BCUT2D eigenvalue weighted by atomic mass is 16.5. The number of nitrogens with zero attached hydrogens (tertiary/aromatic N) is 2. The number of methoxy groups -OCH3 is 2. The molecule has 0 unspecified atom stereocenters. The molecule has 1 N–H and O–H groups in total. The Morgan fingerprint density at radius 3 is 2.41 bits per heavy atom. The molecule has 6 heteroatoms. The Bertz CT molecular complexity index is 1020. The fraction of sp³-hybridized carbons (Fsp3) is 0.217. The molecule has 2 aromatic carbocycles. The second-order valence-electron chi connectivity index (χ2n) is 6.91. The number of carbonyl (C=O) groups is 1. The van der Waals surface area contributed by atoms with Gasteiger partial charge in [0.25, 0.3) is 5.91 Å². The zero-order valence-electron chi connectivity index (χ0n) is 16.5. The predicted octanol–water partition coefficient (Wildman–Crippen LogP) is 4.04. The zero-order chi connectivity index (χ0) is 20.2. The molecule has 148 valence electrons. The van der Waals surface area contributed by atoms with E-state index in [1.807, 2.05) is 53.4 Å². The van der Waals surface area contributed by atoms with Crippen molar-refractivity contribution in [2.24, 2.45) is 0 Å². The van der Waals surface area contributed by atoms with E-state index in [1.54, 1.807) is 26.6 Å². The summed E-state index contributed by atoms with van der Waals surface area (Å²) >= 11 is 0. The first-order valence-corrected chi connectivity index (χ1v) is 9.48. The lowest BCUT2D eigenvalue weighted by Gasteiger charge is -2.29. The largest absolute Gasteiger partial charge is 0.493 e. The Kier molecular flexibility index (Phi) is 5.33. The normalized spacial score (nSPS) is 12.8. The van der Waals surface area contributed by atoms with E-state index in [-0.39, 0.29) is 5.91 Å². The molecule has 1 aliphatic heterocycles. The number of rotatable bonds is 5. The van der Waals surface area contributed by atoms with E-state index in [0.717, 1.165) is 29.1 Å². The Morgan fingerprint density at radius 1 is 0.966 bits per heavy atom. The van der Waals surface area contributed by atoms with Crippen LogP contribution in [0, 0.1) is 0 Å². The molecule has 1 aliphatic rings. The second kappa shape index (κ2) is 8.22. The quantitative estimate of drug-likeness (QED) is 0.713. The summed E-state index contributed by atoms with van der Waals surface area (Å²) in [7, 11) is 3.25. The highest BCUT2D eigenvalue weighted by Crippen LogP contribution is 2.33. The summed E-state index contributed by atoms with van der Waals surface area (Å²) in [6.45, 7) is 1.18. The minimum Gasteiger partial charge on any atom is -0.493 e. The van der Waals surface area contributed by atoms with Crippen molar-refractivity contribution in [1.29, 1.82) is 0 Å². The minimum atomic E-state index is -0.0327. The number of nitrogens with one attached hydrogen (secondary N) is 1. The Balaban J connectivity index is 1.53. The molecule has 0 bridgehead atoms. The first kappa shape index (κ1) is 18.8. The summed E-state index contributed by atoms with van der Waals surface area (Å²) in [5.74, 6) is 1.36. The van der Waals surface area contributed by atoms with Crippen LogP contribution in [-0.4, -0.2) is 36.6 Å². The average Bonchev–Trinajstić information content (AvgIpc) is 2.78. The highest BCUT2D eigenvalue weighted by Gasteiger charge is 2.24. The van der Waals surface area contributed by atoms with Gasteiger partial charge in [0.05, 0.1) is 31.7 Å². The molecule has 1 amide bonds. The number of benzene rings is 2. The third kappa shape index (κ3) is 4.01. The van der Waals surface area contributed by atoms with E-state index in [0.29, 0.717) is 24.4 Å². The number of carbonyl (C=O) groups excluding carboxylic acids is 1. The van der Waals surface area contributed by atoms with Crippen LogP contribution in [0.15, 0.2) is 60.9 Å². The van der Waals surface area contributed by atoms with Crippen LogP contribution in [-0.2, 0) is 13.0 Å². The summed E-state index contributed by atoms with van der Waals surface area (Å²) < 4.78 is 10.8. The monoisotopic (exact) mass is 389 g/mol. The molecule has 0 aliphatic carbocycles. The minimum absolute atomic E-state index is 0.0327. The summed E-state index contributed by atoms with van der Waals surface area (Å²) in [5, 5.41) is 3.28. The lowest BCUT2D eigenvalue weighted by Crippen LogP contribution is -2.36. The van der Waals surface area contributed by atoms with Crippen molar-refractivity contribution in [3.05, 3.63) is 77.6 Å². The molecule has 1 aromatic heterocycles. The van der Waals surface area contributed by atoms with Gasteiger partial charge in [-0.25, -0.2) is 0 Å². The van der Waals surface area contributed by atoms with Crippen molar-refractivity contribution in [2.75, 3.05) is 26.1 Å². The second-order valence-corrected chi connectivity index (χ2v) is 6.91. The molecule has 0 saturated heterocycles. The molecule has 3 aromatic rings. The van der Waals surface area contributed by atoms with Gasteiger partial charge in [-0.2, -0.15) is 0 Å². The lowest BCUT2D eigenvalue weighted by atomic mass is 9.98. The van der Waals surface area contributed by atoms with Crippen LogP contribution in [0.3, 0.4) is 0 Å². The van der Waals surface area contributed by atoms with Crippen molar-refractivity contribution < 1.29 is 14.3 Å². The lowest BCUT2D eigenvalue weighted by molar-refractivity contribution is 0.0734. The first-order valence-electron chi connectivity index (χ1n) is 9.48. The van der Waals surface area contributed by atoms with Crippen molar-refractivity contribution >= 4 is 17.3 Å². The predicted molar refractivity (Wildman–Crippen MR) is 112 cm³/mol. The zero-order valence-corrected chi connectivity index (χ0v) is 16.5. The van der Waals surface area contributed by atoms with Crippen LogP contribution in [0.5, 0.6) is 11.5 Å². The fourth-order valence-corrected chi connectivity index (χ4v) is 3.55. The van der Waals surface area contributed by atoms with Crippen LogP contribution >= 0.6 is 0 Å². The van der Waals surface area contributed by atoms with Crippen LogP contribution in [0.2, 0.25) is 0 Å². The topological polar surface area (TPSA) is 63.7 Å². The Morgan fingerprint density at radius 2 is 1.69 bits per heavy atom. The van der Waals surface area contributed by atoms with Gasteiger partial charge in [-0.1, -0.05) is 18.2 Å². The molecule has 0 spiro atoms. The van der Waals surface area contributed by atoms with E-state index in [4.69, 9.17) is 9.47 Å². The third-order valence-electron chi connectivity index (χ3n) is 5.05. The number of aromatic nitrogens is 1. The molecule has 0 saturated carbocycles. The van der Waals surface area contributed by atoms with Crippen LogP contribution in [0.1, 0.15) is 21.5 Å². The van der Waals surface area contributed by atoms with E-state index < -0.39 is 0 Å². The van der Waals surface area contributed by atoms with Gasteiger partial charge in [-0.3, -0.25) is 9.78 Å². The summed E-state index contributed by atoms with van der Waals surface area (Å²) in [6.07, 6.45) is 4.10. The maximum absolute atomic E-state index is 13.1. The number of hydrogen-bond donors (Lipinski definition) is 1. The molecule has 4 rings (SSSR count). The van der Waals surface area contributed by atoms with Crippen molar-refractivity contribution in [3.8, 4) is 11.5 Å². The molecular weight excluding hydrogens is 366 g/mol. The number of hydrogen-bond acceptors (Lipinski definition) is 5. The summed E-state index contributed by atoms with van der Waals surface area (Å²) in [5.41, 5.74) is 4.56. The van der Waals surface area contributed by atoms with E-state index in [9.17, 15) is 4.79 Å².